The molecule has 0 bridgehead atoms. The van der Waals surface area contributed by atoms with Crippen molar-refractivity contribution in [3.63, 3.8) is 0 Å². The standard InChI is InChI=1S/C20H26FN3O3S/c1-23(2)17-9-7-16(8-10-17)19(24-11-13-27-14-12-24)15-22-28(25,26)20-6-4-3-5-18(20)21/h3-10,19,22H,11-15H2,1-2H3/t19-/m1/s1. The minimum atomic E-state index is -3.95. The van der Waals surface area contributed by atoms with E-state index in [0.29, 0.717) is 26.3 Å². The Kier molecular flexibility index (Phi) is 6.66. The van der Waals surface area contributed by atoms with Crippen molar-refractivity contribution >= 4 is 15.7 Å². The van der Waals surface area contributed by atoms with E-state index in [0.717, 1.165) is 17.3 Å². The fraction of sp³-hybridized carbons (Fsp3) is 0.400. The normalized spacial score (nSPS) is 16.7. The van der Waals surface area contributed by atoms with Crippen molar-refractivity contribution in [1.29, 1.82) is 0 Å². The van der Waals surface area contributed by atoms with Gasteiger partial charge in [-0.2, -0.15) is 0 Å². The number of rotatable bonds is 7. The van der Waals surface area contributed by atoms with E-state index >= 15 is 0 Å². The maximum atomic E-state index is 14.0. The lowest BCUT2D eigenvalue weighted by Crippen LogP contribution is -2.43. The van der Waals surface area contributed by atoms with Gasteiger partial charge in [0.1, 0.15) is 10.7 Å². The monoisotopic (exact) mass is 407 g/mol. The highest BCUT2D eigenvalue weighted by molar-refractivity contribution is 7.89. The highest BCUT2D eigenvalue weighted by Gasteiger charge is 2.26. The SMILES string of the molecule is CN(C)c1ccc([C@@H](CNS(=O)(=O)c2ccccc2F)N2CCOCC2)cc1. The van der Waals surface area contributed by atoms with Crippen molar-refractivity contribution in [2.45, 2.75) is 10.9 Å². The fourth-order valence-corrected chi connectivity index (χ4v) is 4.39. The zero-order valence-corrected chi connectivity index (χ0v) is 17.0. The fourth-order valence-electron chi connectivity index (χ4n) is 3.27. The molecule has 28 heavy (non-hydrogen) atoms. The summed E-state index contributed by atoms with van der Waals surface area (Å²) in [7, 11) is -0.00694. The van der Waals surface area contributed by atoms with E-state index in [-0.39, 0.29) is 17.5 Å². The molecule has 0 radical (unpaired) electrons. The van der Waals surface area contributed by atoms with E-state index in [4.69, 9.17) is 4.74 Å². The van der Waals surface area contributed by atoms with Gasteiger partial charge in [-0.3, -0.25) is 4.90 Å². The molecule has 1 N–H and O–H groups in total. The number of hydrogen-bond donors (Lipinski definition) is 1. The van der Waals surface area contributed by atoms with Crippen LogP contribution in [0.1, 0.15) is 11.6 Å². The second kappa shape index (κ2) is 9.00. The molecule has 1 fully saturated rings. The minimum absolute atomic E-state index is 0.151. The number of anilines is 1. The van der Waals surface area contributed by atoms with E-state index in [1.165, 1.54) is 18.2 Å². The van der Waals surface area contributed by atoms with Crippen LogP contribution in [0.2, 0.25) is 0 Å². The Balaban J connectivity index is 1.82. The lowest BCUT2D eigenvalue weighted by Gasteiger charge is -2.35. The third-order valence-corrected chi connectivity index (χ3v) is 6.33. The summed E-state index contributed by atoms with van der Waals surface area (Å²) in [6.45, 7) is 2.78. The number of halogens is 1. The summed E-state index contributed by atoms with van der Waals surface area (Å²) in [5.41, 5.74) is 2.07. The van der Waals surface area contributed by atoms with Crippen molar-refractivity contribution in [2.75, 3.05) is 51.8 Å². The summed E-state index contributed by atoms with van der Waals surface area (Å²) in [5, 5.41) is 0. The Morgan fingerprint density at radius 1 is 1.11 bits per heavy atom. The first kappa shape index (κ1) is 20.7. The lowest BCUT2D eigenvalue weighted by molar-refractivity contribution is 0.0172. The summed E-state index contributed by atoms with van der Waals surface area (Å²) >= 11 is 0. The van der Waals surface area contributed by atoms with Crippen LogP contribution >= 0.6 is 0 Å². The van der Waals surface area contributed by atoms with Crippen LogP contribution in [0.4, 0.5) is 10.1 Å². The van der Waals surface area contributed by atoms with Gasteiger partial charge in [-0.15, -0.1) is 0 Å². The van der Waals surface area contributed by atoms with Crippen LogP contribution in [0.5, 0.6) is 0 Å². The molecule has 8 heteroatoms. The number of nitrogens with zero attached hydrogens (tertiary/aromatic N) is 2. The molecule has 0 aromatic heterocycles. The predicted octanol–water partition coefficient (Wildman–Crippen LogP) is 2.24. The van der Waals surface area contributed by atoms with E-state index in [1.807, 2.05) is 43.3 Å². The van der Waals surface area contributed by atoms with Gasteiger partial charge < -0.3 is 9.64 Å². The van der Waals surface area contributed by atoms with Gasteiger partial charge in [-0.1, -0.05) is 24.3 Å². The molecule has 1 aliphatic heterocycles. The maximum Gasteiger partial charge on any atom is 0.243 e. The summed E-state index contributed by atoms with van der Waals surface area (Å²) in [4.78, 5) is 3.87. The Morgan fingerprint density at radius 3 is 2.36 bits per heavy atom. The molecule has 1 heterocycles. The molecule has 2 aromatic carbocycles. The van der Waals surface area contributed by atoms with E-state index < -0.39 is 15.8 Å². The third kappa shape index (κ3) is 4.88. The molecule has 1 atom stereocenters. The first-order valence-electron chi connectivity index (χ1n) is 9.22. The summed E-state index contributed by atoms with van der Waals surface area (Å²) in [6, 6.07) is 13.3. The average Bonchev–Trinajstić information content (AvgIpc) is 2.69. The van der Waals surface area contributed by atoms with E-state index in [2.05, 4.69) is 9.62 Å². The molecule has 152 valence electrons. The zero-order chi connectivity index (χ0) is 20.1. The van der Waals surface area contributed by atoms with Crippen molar-refractivity contribution in [3.8, 4) is 0 Å². The molecular formula is C20H26FN3O3S. The molecule has 0 aliphatic carbocycles. The highest BCUT2D eigenvalue weighted by Crippen LogP contribution is 2.24. The first-order chi connectivity index (χ1) is 13.4. The average molecular weight is 408 g/mol. The molecule has 2 aromatic rings. The lowest BCUT2D eigenvalue weighted by atomic mass is 10.0. The second-order valence-electron chi connectivity index (χ2n) is 6.93. The Labute approximate surface area is 166 Å². The largest absolute Gasteiger partial charge is 0.379 e. The molecule has 3 rings (SSSR count). The molecule has 0 amide bonds. The first-order valence-corrected chi connectivity index (χ1v) is 10.7. The van der Waals surface area contributed by atoms with Crippen LogP contribution in [0, 0.1) is 5.82 Å². The number of nitrogens with one attached hydrogen (secondary N) is 1. The maximum absolute atomic E-state index is 14.0. The summed E-state index contributed by atoms with van der Waals surface area (Å²) in [5.74, 6) is -0.756. The Hall–Kier alpha value is -2.00. The zero-order valence-electron chi connectivity index (χ0n) is 16.1. The van der Waals surface area contributed by atoms with Gasteiger partial charge in [0, 0.05) is 45.5 Å². The van der Waals surface area contributed by atoms with Crippen LogP contribution in [0.15, 0.2) is 53.4 Å². The number of hydrogen-bond acceptors (Lipinski definition) is 5. The van der Waals surface area contributed by atoms with Crippen molar-refractivity contribution in [2.24, 2.45) is 0 Å². The minimum Gasteiger partial charge on any atom is -0.379 e. The van der Waals surface area contributed by atoms with E-state index in [1.54, 1.807) is 0 Å². The van der Waals surface area contributed by atoms with Crippen LogP contribution in [0.3, 0.4) is 0 Å². The van der Waals surface area contributed by atoms with Crippen LogP contribution in [0.25, 0.3) is 0 Å². The smallest absolute Gasteiger partial charge is 0.243 e. The molecule has 1 aliphatic rings. The number of benzene rings is 2. The summed E-state index contributed by atoms with van der Waals surface area (Å²) < 4.78 is 47.2. The van der Waals surface area contributed by atoms with Gasteiger partial charge in [0.2, 0.25) is 10.0 Å². The Bertz CT molecular complexity index is 882. The van der Waals surface area contributed by atoms with Gasteiger partial charge >= 0.3 is 0 Å². The van der Waals surface area contributed by atoms with Crippen LogP contribution in [-0.4, -0.2) is 60.3 Å². The van der Waals surface area contributed by atoms with Gasteiger partial charge in [0.25, 0.3) is 0 Å². The predicted molar refractivity (Wildman–Crippen MR) is 107 cm³/mol. The van der Waals surface area contributed by atoms with Crippen molar-refractivity contribution in [3.05, 3.63) is 59.9 Å². The topological polar surface area (TPSA) is 61.9 Å². The van der Waals surface area contributed by atoms with Crippen LogP contribution < -0.4 is 9.62 Å². The highest BCUT2D eigenvalue weighted by atomic mass is 32.2. The van der Waals surface area contributed by atoms with Crippen molar-refractivity contribution < 1.29 is 17.5 Å². The molecule has 0 spiro atoms. The summed E-state index contributed by atoms with van der Waals surface area (Å²) in [6.07, 6.45) is 0. The van der Waals surface area contributed by atoms with Gasteiger partial charge in [0.15, 0.2) is 0 Å². The quantitative estimate of drug-likeness (QED) is 0.763. The van der Waals surface area contributed by atoms with Gasteiger partial charge in [-0.25, -0.2) is 17.5 Å². The van der Waals surface area contributed by atoms with E-state index in [9.17, 15) is 12.8 Å². The Morgan fingerprint density at radius 2 is 1.75 bits per heavy atom. The molecule has 1 saturated heterocycles. The molecule has 0 unspecified atom stereocenters. The second-order valence-corrected chi connectivity index (χ2v) is 8.67. The molecule has 0 saturated carbocycles. The van der Waals surface area contributed by atoms with Crippen molar-refractivity contribution in [1.82, 2.24) is 9.62 Å². The van der Waals surface area contributed by atoms with Gasteiger partial charge in [-0.05, 0) is 29.8 Å². The van der Waals surface area contributed by atoms with Gasteiger partial charge in [0.05, 0.1) is 13.2 Å². The number of ether oxygens (including phenoxy) is 1. The number of sulfonamides is 1. The van der Waals surface area contributed by atoms with Crippen LogP contribution in [-0.2, 0) is 14.8 Å². The number of morpholine rings is 1. The molecule has 6 nitrogen and oxygen atoms in total. The third-order valence-electron chi connectivity index (χ3n) is 4.87. The molecular weight excluding hydrogens is 381 g/mol.